The molecule has 32 heavy (non-hydrogen) atoms. The molecule has 1 aromatic carbocycles. The third-order valence-electron chi connectivity index (χ3n) is 5.51. The standard InChI is InChI=1S/C24H29FN6O/c1-14(27)6-20-8-16(10-26)23(29-11-15-2-3-15)17-9-22(24(28)30-12-17)32-13-18-7-19(25)4-5-21(18)31-20/h4-7,9,12,15,29H,2-3,8,10-11,13,26-27H2,1H3,(H2,28,30)/b14-6?,23-16-,31-20?. The highest BCUT2D eigenvalue weighted by Crippen LogP contribution is 2.32. The topological polar surface area (TPSA) is 125 Å². The first-order valence-corrected chi connectivity index (χ1v) is 10.8. The van der Waals surface area contributed by atoms with E-state index in [-0.39, 0.29) is 18.2 Å². The van der Waals surface area contributed by atoms with Crippen molar-refractivity contribution < 1.29 is 9.13 Å². The lowest BCUT2D eigenvalue weighted by molar-refractivity contribution is 0.306. The average molecular weight is 437 g/mol. The fourth-order valence-corrected chi connectivity index (χ4v) is 3.66. The van der Waals surface area contributed by atoms with E-state index in [1.807, 2.05) is 19.1 Å². The van der Waals surface area contributed by atoms with Gasteiger partial charge < -0.3 is 27.3 Å². The van der Waals surface area contributed by atoms with Gasteiger partial charge in [0.2, 0.25) is 0 Å². The van der Waals surface area contributed by atoms with E-state index in [4.69, 9.17) is 26.9 Å². The third-order valence-corrected chi connectivity index (χ3v) is 5.51. The summed E-state index contributed by atoms with van der Waals surface area (Å²) >= 11 is 0. The Labute approximate surface area is 187 Å². The Morgan fingerprint density at radius 3 is 2.84 bits per heavy atom. The number of nitrogen functional groups attached to an aromatic ring is 1. The zero-order chi connectivity index (χ0) is 22.7. The van der Waals surface area contributed by atoms with E-state index in [1.54, 1.807) is 12.3 Å². The van der Waals surface area contributed by atoms with Crippen LogP contribution in [0.4, 0.5) is 15.9 Å². The summed E-state index contributed by atoms with van der Waals surface area (Å²) in [5.74, 6) is 1.00. The summed E-state index contributed by atoms with van der Waals surface area (Å²) in [5, 5.41) is 3.57. The normalized spacial score (nSPS) is 19.2. The quantitative estimate of drug-likeness (QED) is 0.569. The molecule has 2 bridgehead atoms. The third kappa shape index (κ3) is 5.26. The number of allylic oxidation sites excluding steroid dienone is 2. The molecule has 2 aliphatic rings. The van der Waals surface area contributed by atoms with Gasteiger partial charge in [-0.2, -0.15) is 0 Å². The molecule has 1 saturated carbocycles. The van der Waals surface area contributed by atoms with Crippen LogP contribution in [0.5, 0.6) is 5.75 Å². The molecular formula is C24H29FN6O. The molecule has 168 valence electrons. The number of nitrogens with zero attached hydrogens (tertiary/aromatic N) is 2. The van der Waals surface area contributed by atoms with Crippen LogP contribution in [0.3, 0.4) is 0 Å². The van der Waals surface area contributed by atoms with Crippen LogP contribution < -0.4 is 27.3 Å². The lowest BCUT2D eigenvalue weighted by Gasteiger charge is -2.20. The summed E-state index contributed by atoms with van der Waals surface area (Å²) in [6.07, 6.45) is 6.47. The van der Waals surface area contributed by atoms with Crippen LogP contribution in [0.1, 0.15) is 37.3 Å². The predicted molar refractivity (Wildman–Crippen MR) is 126 cm³/mol. The summed E-state index contributed by atoms with van der Waals surface area (Å²) in [6.45, 7) is 3.09. The highest BCUT2D eigenvalue weighted by molar-refractivity contribution is 6.00. The number of rotatable bonds is 5. The van der Waals surface area contributed by atoms with E-state index >= 15 is 0 Å². The minimum absolute atomic E-state index is 0.100. The number of halogens is 1. The summed E-state index contributed by atoms with van der Waals surface area (Å²) < 4.78 is 19.9. The van der Waals surface area contributed by atoms with Gasteiger partial charge >= 0.3 is 0 Å². The van der Waals surface area contributed by atoms with E-state index < -0.39 is 0 Å². The zero-order valence-electron chi connectivity index (χ0n) is 18.2. The predicted octanol–water partition coefficient (Wildman–Crippen LogP) is 3.39. The molecule has 1 fully saturated rings. The number of fused-ring (bicyclic) bond motifs is 3. The fraction of sp³-hybridized carbons (Fsp3) is 0.333. The van der Waals surface area contributed by atoms with Gasteiger partial charge in [0, 0.05) is 53.9 Å². The molecular weight excluding hydrogens is 407 g/mol. The van der Waals surface area contributed by atoms with E-state index in [2.05, 4.69) is 10.3 Å². The molecule has 2 aromatic rings. The molecule has 7 nitrogen and oxygen atoms in total. The molecule has 0 amide bonds. The van der Waals surface area contributed by atoms with Crippen LogP contribution in [-0.2, 0) is 6.61 Å². The van der Waals surface area contributed by atoms with Crippen molar-refractivity contribution in [2.45, 2.75) is 32.8 Å². The summed E-state index contributed by atoms with van der Waals surface area (Å²) in [4.78, 5) is 9.14. The maximum absolute atomic E-state index is 14.0. The van der Waals surface area contributed by atoms with Crippen molar-refractivity contribution in [2.75, 3.05) is 18.8 Å². The molecule has 4 rings (SSSR count). The number of aliphatic imine (C=N–C) groups is 1. The van der Waals surface area contributed by atoms with Gasteiger partial charge in [0.15, 0.2) is 11.6 Å². The average Bonchev–Trinajstić information content (AvgIpc) is 3.57. The molecule has 1 aliphatic heterocycles. The van der Waals surface area contributed by atoms with E-state index in [0.717, 1.165) is 29.1 Å². The maximum atomic E-state index is 14.0. The number of nitrogens with two attached hydrogens (primary N) is 3. The minimum Gasteiger partial charge on any atom is -0.485 e. The number of anilines is 1. The molecule has 0 atom stereocenters. The molecule has 0 radical (unpaired) electrons. The van der Waals surface area contributed by atoms with Crippen molar-refractivity contribution in [3.8, 4) is 5.75 Å². The Hall–Kier alpha value is -3.39. The first kappa shape index (κ1) is 21.8. The van der Waals surface area contributed by atoms with Crippen molar-refractivity contribution >= 4 is 22.9 Å². The second-order valence-electron chi connectivity index (χ2n) is 8.34. The molecule has 0 saturated heterocycles. The number of aromatic nitrogens is 1. The lowest BCUT2D eigenvalue weighted by atomic mass is 10.0. The van der Waals surface area contributed by atoms with Gasteiger partial charge in [0.25, 0.3) is 0 Å². The Morgan fingerprint density at radius 1 is 1.31 bits per heavy atom. The smallest absolute Gasteiger partial charge is 0.166 e. The number of pyridine rings is 1. The van der Waals surface area contributed by atoms with Gasteiger partial charge in [-0.05, 0) is 61.6 Å². The second-order valence-corrected chi connectivity index (χ2v) is 8.34. The van der Waals surface area contributed by atoms with Crippen LogP contribution in [0.25, 0.3) is 5.70 Å². The first-order chi connectivity index (χ1) is 15.4. The van der Waals surface area contributed by atoms with Crippen molar-refractivity contribution in [1.29, 1.82) is 0 Å². The highest BCUT2D eigenvalue weighted by atomic mass is 19.1. The van der Waals surface area contributed by atoms with Gasteiger partial charge in [-0.3, -0.25) is 4.99 Å². The van der Waals surface area contributed by atoms with Crippen LogP contribution in [-0.4, -0.2) is 23.8 Å². The van der Waals surface area contributed by atoms with Crippen molar-refractivity contribution in [2.24, 2.45) is 22.4 Å². The SMILES string of the molecule is CC(N)=CC1=Nc2ccc(F)cc2COc2cc(cnc2N)/C(NCC2CC2)=C(/CN)C1. The van der Waals surface area contributed by atoms with Crippen LogP contribution in [0.2, 0.25) is 0 Å². The molecule has 2 heterocycles. The Bertz CT molecular complexity index is 1100. The Balaban J connectivity index is 1.88. The molecule has 0 spiro atoms. The number of hydrogen-bond acceptors (Lipinski definition) is 7. The monoisotopic (exact) mass is 436 g/mol. The molecule has 0 unspecified atom stereocenters. The van der Waals surface area contributed by atoms with Crippen molar-refractivity contribution in [3.63, 3.8) is 0 Å². The van der Waals surface area contributed by atoms with E-state index in [1.165, 1.54) is 25.0 Å². The van der Waals surface area contributed by atoms with Gasteiger partial charge in [-0.1, -0.05) is 0 Å². The summed E-state index contributed by atoms with van der Waals surface area (Å²) in [6, 6.07) is 6.28. The molecule has 1 aromatic heterocycles. The first-order valence-electron chi connectivity index (χ1n) is 10.8. The highest BCUT2D eigenvalue weighted by Gasteiger charge is 2.23. The van der Waals surface area contributed by atoms with E-state index in [0.29, 0.717) is 41.6 Å². The van der Waals surface area contributed by atoms with Gasteiger partial charge in [-0.25, -0.2) is 9.37 Å². The zero-order valence-corrected chi connectivity index (χ0v) is 18.2. The maximum Gasteiger partial charge on any atom is 0.166 e. The van der Waals surface area contributed by atoms with Gasteiger partial charge in [0.05, 0.1) is 5.69 Å². The van der Waals surface area contributed by atoms with Crippen LogP contribution >= 0.6 is 0 Å². The van der Waals surface area contributed by atoms with Crippen molar-refractivity contribution in [3.05, 3.63) is 64.8 Å². The number of benzene rings is 1. The van der Waals surface area contributed by atoms with E-state index in [9.17, 15) is 4.39 Å². The molecule has 1 aliphatic carbocycles. The van der Waals surface area contributed by atoms with Crippen LogP contribution in [0, 0.1) is 11.7 Å². The molecule has 8 heteroatoms. The largest absolute Gasteiger partial charge is 0.485 e. The van der Waals surface area contributed by atoms with Gasteiger partial charge in [0.1, 0.15) is 12.4 Å². The number of hydrogen-bond donors (Lipinski definition) is 4. The summed E-state index contributed by atoms with van der Waals surface area (Å²) in [7, 11) is 0. The Morgan fingerprint density at radius 2 is 2.12 bits per heavy atom. The van der Waals surface area contributed by atoms with Gasteiger partial charge in [-0.15, -0.1) is 0 Å². The second kappa shape index (κ2) is 9.40. The number of ether oxygens (including phenoxy) is 1. The fourth-order valence-electron chi connectivity index (χ4n) is 3.66. The lowest BCUT2D eigenvalue weighted by Crippen LogP contribution is -2.22. The Kier molecular flexibility index (Phi) is 6.41. The molecule has 7 N–H and O–H groups in total. The summed E-state index contributed by atoms with van der Waals surface area (Å²) in [5.41, 5.74) is 23.5. The van der Waals surface area contributed by atoms with Crippen LogP contribution in [0.15, 0.2) is 52.8 Å². The van der Waals surface area contributed by atoms with Crippen molar-refractivity contribution in [1.82, 2.24) is 10.3 Å². The number of nitrogens with one attached hydrogen (secondary N) is 1. The minimum atomic E-state index is -0.365.